The molecule has 0 radical (unpaired) electrons. The molecule has 0 aromatic carbocycles. The van der Waals surface area contributed by atoms with Crippen LogP contribution < -0.4 is 5.32 Å². The summed E-state index contributed by atoms with van der Waals surface area (Å²) in [5.74, 6) is 1.30. The van der Waals surface area contributed by atoms with E-state index in [9.17, 15) is 0 Å². The van der Waals surface area contributed by atoms with Crippen LogP contribution in [0.3, 0.4) is 0 Å². The number of hydrogen-bond acceptors (Lipinski definition) is 4. The molecular weight excluding hydrogens is 264 g/mol. The molecule has 2 heterocycles. The Labute approximate surface area is 126 Å². The molecule has 0 saturated heterocycles. The van der Waals surface area contributed by atoms with Crippen LogP contribution >= 0.6 is 0 Å². The molecule has 0 spiro atoms. The number of rotatable bonds is 7. The maximum Gasteiger partial charge on any atom is 0.152 e. The van der Waals surface area contributed by atoms with Gasteiger partial charge in [-0.15, -0.1) is 0 Å². The molecule has 21 heavy (non-hydrogen) atoms. The molecule has 116 valence electrons. The third kappa shape index (κ3) is 3.94. The van der Waals surface area contributed by atoms with Crippen molar-refractivity contribution in [2.45, 2.75) is 40.0 Å². The second-order valence-corrected chi connectivity index (χ2v) is 6.59. The Kier molecular flexibility index (Phi) is 4.83. The van der Waals surface area contributed by atoms with Gasteiger partial charge in [0.25, 0.3) is 0 Å². The van der Waals surface area contributed by atoms with Gasteiger partial charge in [-0.25, -0.2) is 9.50 Å². The van der Waals surface area contributed by atoms with Crippen LogP contribution in [0.1, 0.15) is 45.7 Å². The standard InChI is InChI=1S/C16H26N4O/c1-12(2)13-10-14-15(17-7-8-20(14)19-13)18-11-16(3,4)6-9-21-5/h7-8,10,12H,6,9,11H2,1-5H3,(H,17,18). The molecule has 0 saturated carbocycles. The van der Waals surface area contributed by atoms with Crippen LogP contribution in [0.15, 0.2) is 18.5 Å². The van der Waals surface area contributed by atoms with E-state index in [1.54, 1.807) is 13.3 Å². The maximum atomic E-state index is 5.17. The minimum atomic E-state index is 0.158. The topological polar surface area (TPSA) is 51.5 Å². The van der Waals surface area contributed by atoms with E-state index in [0.29, 0.717) is 5.92 Å². The van der Waals surface area contributed by atoms with Gasteiger partial charge >= 0.3 is 0 Å². The van der Waals surface area contributed by atoms with Crippen LogP contribution in [0.5, 0.6) is 0 Å². The van der Waals surface area contributed by atoms with E-state index in [1.165, 1.54) is 0 Å². The van der Waals surface area contributed by atoms with Crippen LogP contribution in [-0.4, -0.2) is 34.9 Å². The van der Waals surface area contributed by atoms with Crippen molar-refractivity contribution in [3.8, 4) is 0 Å². The summed E-state index contributed by atoms with van der Waals surface area (Å²) >= 11 is 0. The van der Waals surface area contributed by atoms with Crippen molar-refractivity contribution in [1.82, 2.24) is 14.6 Å². The summed E-state index contributed by atoms with van der Waals surface area (Å²) in [5.41, 5.74) is 2.28. The molecule has 5 nitrogen and oxygen atoms in total. The predicted molar refractivity (Wildman–Crippen MR) is 85.8 cm³/mol. The van der Waals surface area contributed by atoms with Crippen molar-refractivity contribution >= 4 is 11.3 Å². The number of fused-ring (bicyclic) bond motifs is 1. The summed E-state index contributed by atoms with van der Waals surface area (Å²) in [7, 11) is 1.74. The minimum absolute atomic E-state index is 0.158. The summed E-state index contributed by atoms with van der Waals surface area (Å²) < 4.78 is 7.07. The van der Waals surface area contributed by atoms with E-state index < -0.39 is 0 Å². The summed E-state index contributed by atoms with van der Waals surface area (Å²) in [4.78, 5) is 4.46. The maximum absolute atomic E-state index is 5.17. The molecule has 0 amide bonds. The molecular formula is C16H26N4O. The third-order valence-corrected chi connectivity index (χ3v) is 3.72. The fourth-order valence-corrected chi connectivity index (χ4v) is 2.15. The smallest absolute Gasteiger partial charge is 0.152 e. The molecule has 2 rings (SSSR count). The number of aromatic nitrogens is 3. The van der Waals surface area contributed by atoms with Gasteiger partial charge in [0, 0.05) is 32.7 Å². The lowest BCUT2D eigenvalue weighted by Gasteiger charge is -2.24. The first-order chi connectivity index (χ1) is 9.93. The first kappa shape index (κ1) is 15.8. The van der Waals surface area contributed by atoms with Crippen LogP contribution in [0.25, 0.3) is 5.52 Å². The lowest BCUT2D eigenvalue weighted by Crippen LogP contribution is -2.25. The Hall–Kier alpha value is -1.62. The zero-order valence-corrected chi connectivity index (χ0v) is 13.7. The molecule has 2 aromatic rings. The van der Waals surface area contributed by atoms with Gasteiger partial charge in [0.2, 0.25) is 0 Å². The number of nitrogens with zero attached hydrogens (tertiary/aromatic N) is 3. The van der Waals surface area contributed by atoms with E-state index in [2.05, 4.69) is 49.2 Å². The van der Waals surface area contributed by atoms with Gasteiger partial charge in [-0.1, -0.05) is 27.7 Å². The van der Waals surface area contributed by atoms with Gasteiger partial charge in [-0.2, -0.15) is 5.10 Å². The van der Waals surface area contributed by atoms with Crippen molar-refractivity contribution in [2.75, 3.05) is 25.6 Å². The summed E-state index contributed by atoms with van der Waals surface area (Å²) in [6.45, 7) is 10.4. The number of nitrogens with one attached hydrogen (secondary N) is 1. The Morgan fingerprint density at radius 3 is 2.81 bits per heavy atom. The fourth-order valence-electron chi connectivity index (χ4n) is 2.15. The number of anilines is 1. The number of ether oxygens (including phenoxy) is 1. The molecule has 0 aliphatic rings. The second kappa shape index (κ2) is 6.43. The average Bonchev–Trinajstić information content (AvgIpc) is 2.88. The van der Waals surface area contributed by atoms with E-state index in [0.717, 1.165) is 36.6 Å². The van der Waals surface area contributed by atoms with E-state index in [4.69, 9.17) is 4.74 Å². The zero-order chi connectivity index (χ0) is 15.5. The van der Waals surface area contributed by atoms with Crippen LogP contribution in [0.4, 0.5) is 5.82 Å². The molecule has 0 aliphatic carbocycles. The number of methoxy groups -OCH3 is 1. The Morgan fingerprint density at radius 1 is 1.38 bits per heavy atom. The third-order valence-electron chi connectivity index (χ3n) is 3.72. The van der Waals surface area contributed by atoms with Crippen molar-refractivity contribution in [2.24, 2.45) is 5.41 Å². The highest BCUT2D eigenvalue weighted by molar-refractivity contribution is 5.67. The molecule has 5 heteroatoms. The predicted octanol–water partition coefficient (Wildman–Crippen LogP) is 3.33. The first-order valence-corrected chi connectivity index (χ1v) is 7.50. The molecule has 0 atom stereocenters. The highest BCUT2D eigenvalue weighted by atomic mass is 16.5. The van der Waals surface area contributed by atoms with Crippen molar-refractivity contribution in [1.29, 1.82) is 0 Å². The zero-order valence-electron chi connectivity index (χ0n) is 13.7. The molecule has 0 bridgehead atoms. The molecule has 0 fully saturated rings. The van der Waals surface area contributed by atoms with Crippen molar-refractivity contribution in [3.63, 3.8) is 0 Å². The Morgan fingerprint density at radius 2 is 2.14 bits per heavy atom. The lowest BCUT2D eigenvalue weighted by molar-refractivity contribution is 0.157. The van der Waals surface area contributed by atoms with Gasteiger partial charge in [0.15, 0.2) is 5.82 Å². The monoisotopic (exact) mass is 290 g/mol. The van der Waals surface area contributed by atoms with Crippen LogP contribution in [0, 0.1) is 5.41 Å². The minimum Gasteiger partial charge on any atom is -0.385 e. The van der Waals surface area contributed by atoms with Crippen molar-refractivity contribution < 1.29 is 4.74 Å². The Balaban J connectivity index is 2.15. The summed E-state index contributed by atoms with van der Waals surface area (Å²) in [6.07, 6.45) is 4.69. The fraction of sp³-hybridized carbons (Fsp3) is 0.625. The number of hydrogen-bond donors (Lipinski definition) is 1. The normalized spacial score (nSPS) is 12.3. The average molecular weight is 290 g/mol. The van der Waals surface area contributed by atoms with E-state index >= 15 is 0 Å². The molecule has 2 aromatic heterocycles. The highest BCUT2D eigenvalue weighted by Gasteiger charge is 2.18. The summed E-state index contributed by atoms with van der Waals surface area (Å²) in [5, 5.41) is 8.05. The van der Waals surface area contributed by atoms with Gasteiger partial charge in [0.1, 0.15) is 5.52 Å². The van der Waals surface area contributed by atoms with Crippen molar-refractivity contribution in [3.05, 3.63) is 24.2 Å². The van der Waals surface area contributed by atoms with Gasteiger partial charge < -0.3 is 10.1 Å². The first-order valence-electron chi connectivity index (χ1n) is 7.50. The van der Waals surface area contributed by atoms with E-state index in [-0.39, 0.29) is 5.41 Å². The molecule has 0 unspecified atom stereocenters. The van der Waals surface area contributed by atoms with Gasteiger partial charge in [-0.05, 0) is 23.8 Å². The van der Waals surface area contributed by atoms with Crippen LogP contribution in [-0.2, 0) is 4.74 Å². The lowest BCUT2D eigenvalue weighted by atomic mass is 9.90. The van der Waals surface area contributed by atoms with Gasteiger partial charge in [-0.3, -0.25) is 0 Å². The molecule has 1 N–H and O–H groups in total. The second-order valence-electron chi connectivity index (χ2n) is 6.59. The molecule has 0 aliphatic heterocycles. The SMILES string of the molecule is COCCC(C)(C)CNc1nccn2nc(C(C)C)cc12. The van der Waals surface area contributed by atoms with Crippen LogP contribution in [0.2, 0.25) is 0 Å². The largest absolute Gasteiger partial charge is 0.385 e. The van der Waals surface area contributed by atoms with E-state index in [1.807, 2.05) is 10.7 Å². The Bertz CT molecular complexity index is 589. The quantitative estimate of drug-likeness (QED) is 0.850. The highest BCUT2D eigenvalue weighted by Crippen LogP contribution is 2.24. The summed E-state index contributed by atoms with van der Waals surface area (Å²) in [6, 6.07) is 2.11. The van der Waals surface area contributed by atoms with Gasteiger partial charge in [0.05, 0.1) is 5.69 Å².